The Balaban J connectivity index is 2.03. The van der Waals surface area contributed by atoms with Crippen molar-refractivity contribution in [3.8, 4) is 17.0 Å². The van der Waals surface area contributed by atoms with E-state index in [1.807, 2.05) is 0 Å². The molecule has 1 aromatic heterocycles. The van der Waals surface area contributed by atoms with Crippen LogP contribution >= 0.6 is 11.6 Å². The number of carbonyl (C=O) groups is 2. The van der Waals surface area contributed by atoms with E-state index >= 15 is 0 Å². The fourth-order valence-electron chi connectivity index (χ4n) is 3.04. The summed E-state index contributed by atoms with van der Waals surface area (Å²) in [5, 5.41) is 18.1. The molecule has 1 atom stereocenters. The molecule has 2 aromatic carbocycles. The molecule has 0 aliphatic rings. The Hall–Kier alpha value is -3.59. The van der Waals surface area contributed by atoms with Crippen LogP contribution in [0.15, 0.2) is 48.5 Å². The van der Waals surface area contributed by atoms with Gasteiger partial charge in [-0.25, -0.2) is 14.3 Å². The molecule has 3 rings (SSSR count). The molecule has 0 unspecified atom stereocenters. The van der Waals surface area contributed by atoms with Gasteiger partial charge in [0.2, 0.25) is 0 Å². The van der Waals surface area contributed by atoms with Crippen molar-refractivity contribution < 1.29 is 24.2 Å². The number of hydrogen-bond donors (Lipinski definition) is 1. The highest BCUT2D eigenvalue weighted by Crippen LogP contribution is 2.32. The second kappa shape index (κ2) is 9.50. The minimum absolute atomic E-state index is 0.0475. The Morgan fingerprint density at radius 3 is 2.33 bits per heavy atom. The fourth-order valence-corrected chi connectivity index (χ4v) is 3.33. The summed E-state index contributed by atoms with van der Waals surface area (Å²) in [5.74, 6) is 0.104. The maximum Gasteiger partial charge on any atom is 0.425 e. The van der Waals surface area contributed by atoms with E-state index in [0.29, 0.717) is 16.1 Å². The molecule has 9 nitrogen and oxygen atoms in total. The molecule has 0 radical (unpaired) electrons. The van der Waals surface area contributed by atoms with Crippen molar-refractivity contribution in [2.45, 2.75) is 39.4 Å². The largest absolute Gasteiger partial charge is 0.508 e. The number of aromatic hydroxyl groups is 1. The van der Waals surface area contributed by atoms with Crippen molar-refractivity contribution in [1.82, 2.24) is 15.0 Å². The van der Waals surface area contributed by atoms with Gasteiger partial charge in [0.15, 0.2) is 5.82 Å². The third kappa shape index (κ3) is 5.61. The van der Waals surface area contributed by atoms with Crippen LogP contribution in [0.2, 0.25) is 5.02 Å². The first kappa shape index (κ1) is 24.1. The van der Waals surface area contributed by atoms with E-state index in [-0.39, 0.29) is 17.3 Å². The zero-order chi connectivity index (χ0) is 24.3. The van der Waals surface area contributed by atoms with E-state index in [9.17, 15) is 14.7 Å². The molecule has 0 spiro atoms. The monoisotopic (exact) mass is 472 g/mol. The molecule has 0 bridgehead atoms. The highest BCUT2D eigenvalue weighted by molar-refractivity contribution is 6.31. The predicted molar refractivity (Wildman–Crippen MR) is 123 cm³/mol. The lowest BCUT2D eigenvalue weighted by Gasteiger charge is -2.27. The Kier molecular flexibility index (Phi) is 6.92. The Morgan fingerprint density at radius 2 is 1.73 bits per heavy atom. The summed E-state index contributed by atoms with van der Waals surface area (Å²) in [6, 6.07) is 13.0. The molecule has 1 N–H and O–H groups in total. The van der Waals surface area contributed by atoms with E-state index in [4.69, 9.17) is 21.1 Å². The first-order valence-electron chi connectivity index (χ1n) is 10.1. The van der Waals surface area contributed by atoms with Crippen LogP contribution in [0.1, 0.15) is 39.4 Å². The molecule has 2 amide bonds. The number of nitrogens with zero attached hydrogens (tertiary/aromatic N) is 4. The summed E-state index contributed by atoms with van der Waals surface area (Å²) < 4.78 is 12.3. The normalized spacial score (nSPS) is 12.2. The van der Waals surface area contributed by atoms with Crippen molar-refractivity contribution >= 4 is 29.6 Å². The number of rotatable bonds is 4. The molecule has 33 heavy (non-hydrogen) atoms. The van der Waals surface area contributed by atoms with Crippen LogP contribution in [0, 0.1) is 0 Å². The van der Waals surface area contributed by atoms with Crippen molar-refractivity contribution in [1.29, 1.82) is 0 Å². The van der Waals surface area contributed by atoms with Crippen LogP contribution in [0.5, 0.6) is 5.75 Å². The quantitative estimate of drug-likeness (QED) is 0.535. The van der Waals surface area contributed by atoms with Gasteiger partial charge in [0.05, 0.1) is 0 Å². The maximum atomic E-state index is 13.3. The number of hydrogen-bond acceptors (Lipinski definition) is 7. The Morgan fingerprint density at radius 1 is 1.09 bits per heavy atom. The van der Waals surface area contributed by atoms with Gasteiger partial charge in [0.1, 0.15) is 23.1 Å². The van der Waals surface area contributed by atoms with Gasteiger partial charge in [-0.05, 0) is 58.0 Å². The van der Waals surface area contributed by atoms with Crippen molar-refractivity contribution in [2.75, 3.05) is 4.90 Å². The van der Waals surface area contributed by atoms with E-state index in [0.717, 1.165) is 4.90 Å². The van der Waals surface area contributed by atoms with Gasteiger partial charge in [-0.3, -0.25) is 0 Å². The number of imide groups is 1. The van der Waals surface area contributed by atoms with Gasteiger partial charge in [-0.1, -0.05) is 35.0 Å². The van der Waals surface area contributed by atoms with Crippen LogP contribution in [0.25, 0.3) is 11.3 Å². The molecule has 174 valence electrons. The zero-order valence-electron chi connectivity index (χ0n) is 18.9. The number of phenols is 1. The first-order chi connectivity index (χ1) is 15.5. The van der Waals surface area contributed by atoms with E-state index in [1.165, 1.54) is 23.9 Å². The molecule has 0 fully saturated rings. The van der Waals surface area contributed by atoms with Gasteiger partial charge in [0.25, 0.3) is 0 Å². The molecule has 1 heterocycles. The third-order valence-electron chi connectivity index (χ3n) is 4.53. The van der Waals surface area contributed by atoms with Crippen LogP contribution in [-0.2, 0) is 16.5 Å². The second-order valence-corrected chi connectivity index (χ2v) is 8.70. The summed E-state index contributed by atoms with van der Waals surface area (Å²) in [4.78, 5) is 27.2. The number of amides is 2. The molecule has 10 heteroatoms. The molecule has 0 aliphatic carbocycles. The Bertz CT molecular complexity index is 1150. The summed E-state index contributed by atoms with van der Waals surface area (Å²) in [5.41, 5.74) is 0.454. The first-order valence-corrected chi connectivity index (χ1v) is 10.5. The SMILES string of the molecule is C[C@@H](OC(=O)N(C(=O)OC(C)(C)C)c1c(-c2ccc(O)cc2)nnn1C)c1ccccc1Cl. The zero-order valence-corrected chi connectivity index (χ0v) is 19.7. The standard InChI is InChI=1S/C23H25ClN4O5/c1-14(17-8-6-7-9-18(17)24)32-21(30)28(22(31)33-23(2,3)4)20-19(25-26-27(20)5)15-10-12-16(29)13-11-15/h6-14,29H,1-5H3/t14-/m1/s1. The van der Waals surface area contributed by atoms with Crippen LogP contribution in [0.4, 0.5) is 15.4 Å². The van der Waals surface area contributed by atoms with E-state index < -0.39 is 23.9 Å². The number of aryl methyl sites for hydroxylation is 1. The lowest BCUT2D eigenvalue weighted by atomic mass is 10.1. The van der Waals surface area contributed by atoms with Crippen molar-refractivity contribution in [3.63, 3.8) is 0 Å². The molecule has 0 saturated carbocycles. The number of aromatic nitrogens is 3. The lowest BCUT2D eigenvalue weighted by molar-refractivity contribution is 0.0544. The number of anilines is 1. The van der Waals surface area contributed by atoms with Gasteiger partial charge < -0.3 is 14.6 Å². The van der Waals surface area contributed by atoms with Crippen molar-refractivity contribution in [2.24, 2.45) is 7.05 Å². The average Bonchev–Trinajstić information content (AvgIpc) is 3.09. The third-order valence-corrected chi connectivity index (χ3v) is 4.87. The number of halogens is 1. The molecule has 0 saturated heterocycles. The minimum atomic E-state index is -0.984. The minimum Gasteiger partial charge on any atom is -0.508 e. The number of ether oxygens (including phenoxy) is 2. The average molecular weight is 473 g/mol. The highest BCUT2D eigenvalue weighted by Gasteiger charge is 2.36. The summed E-state index contributed by atoms with van der Waals surface area (Å²) in [7, 11) is 1.54. The van der Waals surface area contributed by atoms with Crippen LogP contribution < -0.4 is 4.90 Å². The highest BCUT2D eigenvalue weighted by atomic mass is 35.5. The van der Waals surface area contributed by atoms with Gasteiger partial charge in [-0.2, -0.15) is 4.90 Å². The molecule has 0 aliphatic heterocycles. The molecule has 3 aromatic rings. The molecular formula is C23H25ClN4O5. The van der Waals surface area contributed by atoms with Gasteiger partial charge in [0, 0.05) is 23.2 Å². The van der Waals surface area contributed by atoms with E-state index in [2.05, 4.69) is 10.3 Å². The molecular weight excluding hydrogens is 448 g/mol. The topological polar surface area (TPSA) is 107 Å². The predicted octanol–water partition coefficient (Wildman–Crippen LogP) is 5.48. The summed E-state index contributed by atoms with van der Waals surface area (Å²) in [6.45, 7) is 6.70. The van der Waals surface area contributed by atoms with Crippen LogP contribution in [-0.4, -0.2) is 37.9 Å². The van der Waals surface area contributed by atoms with Gasteiger partial charge >= 0.3 is 12.2 Å². The van der Waals surface area contributed by atoms with Crippen molar-refractivity contribution in [3.05, 3.63) is 59.1 Å². The van der Waals surface area contributed by atoms with Crippen LogP contribution in [0.3, 0.4) is 0 Å². The maximum absolute atomic E-state index is 13.3. The van der Waals surface area contributed by atoms with Gasteiger partial charge in [-0.15, -0.1) is 5.10 Å². The number of carbonyl (C=O) groups excluding carboxylic acids is 2. The van der Waals surface area contributed by atoms with E-state index in [1.54, 1.807) is 64.1 Å². The fraction of sp³-hybridized carbons (Fsp3) is 0.304. The number of phenolic OH excluding ortho intramolecular Hbond substituents is 1. The summed E-state index contributed by atoms with van der Waals surface area (Å²) in [6.07, 6.45) is -2.69. The Labute approximate surface area is 196 Å². The smallest absolute Gasteiger partial charge is 0.425 e. The summed E-state index contributed by atoms with van der Waals surface area (Å²) >= 11 is 6.23. The second-order valence-electron chi connectivity index (χ2n) is 8.30. The number of benzene rings is 2. The lowest BCUT2D eigenvalue weighted by Crippen LogP contribution is -2.43.